The first-order valence-electron chi connectivity index (χ1n) is 5.49. The summed E-state index contributed by atoms with van der Waals surface area (Å²) in [6.45, 7) is 8.84. The van der Waals surface area contributed by atoms with E-state index in [0.29, 0.717) is 6.61 Å². The zero-order valence-corrected chi connectivity index (χ0v) is 12.9. The molecule has 16 heavy (non-hydrogen) atoms. The van der Waals surface area contributed by atoms with Crippen molar-refractivity contribution in [3.05, 3.63) is 9.69 Å². The molecule has 0 aromatic carbocycles. The SMILES string of the molecule is CCCCOC(=O)CC(=C(Cl)Cl)[Si](C)(C)C. The summed E-state index contributed by atoms with van der Waals surface area (Å²) in [6, 6.07) is 0. The monoisotopic (exact) mass is 282 g/mol. The average molecular weight is 283 g/mol. The van der Waals surface area contributed by atoms with Gasteiger partial charge in [0.15, 0.2) is 0 Å². The fourth-order valence-corrected chi connectivity index (χ4v) is 4.22. The van der Waals surface area contributed by atoms with E-state index in [0.717, 1.165) is 18.0 Å². The van der Waals surface area contributed by atoms with Gasteiger partial charge in [-0.1, -0.05) is 56.2 Å². The Bertz CT molecular complexity index is 266. The summed E-state index contributed by atoms with van der Waals surface area (Å²) < 4.78 is 5.32. The van der Waals surface area contributed by atoms with Gasteiger partial charge in [0, 0.05) is 0 Å². The Balaban J connectivity index is 4.34. The zero-order chi connectivity index (χ0) is 12.8. The Morgan fingerprint density at radius 1 is 1.25 bits per heavy atom. The molecular weight excluding hydrogens is 263 g/mol. The van der Waals surface area contributed by atoms with Crippen LogP contribution in [0.1, 0.15) is 26.2 Å². The zero-order valence-electron chi connectivity index (χ0n) is 10.4. The molecule has 0 saturated heterocycles. The van der Waals surface area contributed by atoms with Gasteiger partial charge in [-0.15, -0.1) is 0 Å². The van der Waals surface area contributed by atoms with Gasteiger partial charge in [0.2, 0.25) is 0 Å². The van der Waals surface area contributed by atoms with Crippen LogP contribution in [-0.4, -0.2) is 20.7 Å². The van der Waals surface area contributed by atoms with Crippen molar-refractivity contribution in [2.75, 3.05) is 6.61 Å². The number of hydrogen-bond acceptors (Lipinski definition) is 2. The highest BCUT2D eigenvalue weighted by atomic mass is 35.5. The molecule has 0 aliphatic heterocycles. The molecule has 0 radical (unpaired) electrons. The molecule has 0 atom stereocenters. The van der Waals surface area contributed by atoms with E-state index in [1.54, 1.807) is 0 Å². The van der Waals surface area contributed by atoms with Crippen LogP contribution in [0.25, 0.3) is 0 Å². The first-order valence-corrected chi connectivity index (χ1v) is 9.75. The molecular formula is C11H20Cl2O2Si. The molecule has 0 rings (SSSR count). The van der Waals surface area contributed by atoms with Crippen molar-refractivity contribution >= 4 is 37.2 Å². The molecule has 2 nitrogen and oxygen atoms in total. The van der Waals surface area contributed by atoms with E-state index in [-0.39, 0.29) is 16.9 Å². The number of hydrogen-bond donors (Lipinski definition) is 0. The Morgan fingerprint density at radius 3 is 2.19 bits per heavy atom. The van der Waals surface area contributed by atoms with Crippen LogP contribution in [0.4, 0.5) is 0 Å². The van der Waals surface area contributed by atoms with Crippen LogP contribution in [0, 0.1) is 0 Å². The second kappa shape index (κ2) is 7.36. The molecule has 0 aliphatic carbocycles. The predicted molar refractivity (Wildman–Crippen MR) is 72.6 cm³/mol. The Hall–Kier alpha value is 0.00688. The number of unbranched alkanes of at least 4 members (excludes halogenated alkanes) is 1. The van der Waals surface area contributed by atoms with Gasteiger partial charge in [-0.25, -0.2) is 0 Å². The van der Waals surface area contributed by atoms with Gasteiger partial charge >= 0.3 is 5.97 Å². The standard InChI is InChI=1S/C11H20Cl2O2Si/c1-5-6-7-15-10(14)8-9(11(12)13)16(2,3)4/h5-8H2,1-4H3. The van der Waals surface area contributed by atoms with Crippen LogP contribution >= 0.6 is 23.2 Å². The van der Waals surface area contributed by atoms with Gasteiger partial charge in [0.05, 0.1) is 21.1 Å². The number of carbonyl (C=O) groups excluding carboxylic acids is 1. The minimum absolute atomic E-state index is 0.224. The second-order valence-electron chi connectivity index (χ2n) is 4.74. The van der Waals surface area contributed by atoms with Crippen molar-refractivity contribution < 1.29 is 9.53 Å². The first kappa shape index (κ1) is 16.0. The third-order valence-corrected chi connectivity index (χ3v) is 5.23. The summed E-state index contributed by atoms with van der Waals surface area (Å²) in [5.41, 5.74) is 0. The Kier molecular flexibility index (Phi) is 7.36. The third-order valence-electron chi connectivity index (χ3n) is 2.22. The lowest BCUT2D eigenvalue weighted by Crippen LogP contribution is -2.27. The smallest absolute Gasteiger partial charge is 0.309 e. The highest BCUT2D eigenvalue weighted by Crippen LogP contribution is 2.27. The topological polar surface area (TPSA) is 26.3 Å². The molecule has 0 N–H and O–H groups in total. The van der Waals surface area contributed by atoms with E-state index < -0.39 is 8.07 Å². The minimum atomic E-state index is -1.65. The molecule has 0 aromatic rings. The van der Waals surface area contributed by atoms with Gasteiger partial charge in [-0.3, -0.25) is 4.79 Å². The van der Waals surface area contributed by atoms with Crippen LogP contribution in [0.15, 0.2) is 9.69 Å². The number of carbonyl (C=O) groups is 1. The maximum Gasteiger partial charge on any atom is 0.309 e. The minimum Gasteiger partial charge on any atom is -0.465 e. The van der Waals surface area contributed by atoms with Gasteiger partial charge in [-0.2, -0.15) is 0 Å². The summed E-state index contributed by atoms with van der Waals surface area (Å²) in [6.07, 6.45) is 2.13. The molecule has 0 heterocycles. The molecule has 94 valence electrons. The van der Waals surface area contributed by atoms with Crippen molar-refractivity contribution in [1.29, 1.82) is 0 Å². The van der Waals surface area contributed by atoms with Crippen molar-refractivity contribution in [3.8, 4) is 0 Å². The molecule has 0 fully saturated rings. The van der Waals surface area contributed by atoms with Gasteiger partial charge < -0.3 is 4.74 Å². The van der Waals surface area contributed by atoms with E-state index in [1.807, 2.05) is 0 Å². The Labute approximate surface area is 109 Å². The van der Waals surface area contributed by atoms with Crippen molar-refractivity contribution in [2.24, 2.45) is 0 Å². The van der Waals surface area contributed by atoms with Crippen molar-refractivity contribution in [3.63, 3.8) is 0 Å². The van der Waals surface area contributed by atoms with Crippen LogP contribution < -0.4 is 0 Å². The van der Waals surface area contributed by atoms with Crippen LogP contribution in [0.3, 0.4) is 0 Å². The largest absolute Gasteiger partial charge is 0.465 e. The average Bonchev–Trinajstić information content (AvgIpc) is 2.12. The van der Waals surface area contributed by atoms with Gasteiger partial charge in [0.1, 0.15) is 4.49 Å². The summed E-state index contributed by atoms with van der Waals surface area (Å²) in [4.78, 5) is 11.5. The Morgan fingerprint density at radius 2 is 1.81 bits per heavy atom. The predicted octanol–water partition coefficient (Wildman–Crippen LogP) is 4.29. The fourth-order valence-electron chi connectivity index (χ4n) is 1.14. The van der Waals surface area contributed by atoms with Crippen LogP contribution in [0.5, 0.6) is 0 Å². The third kappa shape index (κ3) is 6.56. The maximum absolute atomic E-state index is 11.5. The van der Waals surface area contributed by atoms with E-state index in [9.17, 15) is 4.79 Å². The van der Waals surface area contributed by atoms with E-state index >= 15 is 0 Å². The van der Waals surface area contributed by atoms with Crippen LogP contribution in [0.2, 0.25) is 19.6 Å². The summed E-state index contributed by atoms with van der Waals surface area (Å²) in [5.74, 6) is -0.232. The lowest BCUT2D eigenvalue weighted by atomic mass is 10.3. The quantitative estimate of drug-likeness (QED) is 0.413. The molecule has 0 saturated carbocycles. The maximum atomic E-state index is 11.5. The fraction of sp³-hybridized carbons (Fsp3) is 0.727. The molecule has 0 aliphatic rings. The molecule has 0 bridgehead atoms. The summed E-state index contributed by atoms with van der Waals surface area (Å²) >= 11 is 11.6. The second-order valence-corrected chi connectivity index (χ2v) is 10.8. The van der Waals surface area contributed by atoms with Crippen LogP contribution in [-0.2, 0) is 9.53 Å². The molecule has 5 heteroatoms. The summed E-state index contributed by atoms with van der Waals surface area (Å²) in [7, 11) is -1.65. The highest BCUT2D eigenvalue weighted by molar-refractivity contribution is 6.85. The van der Waals surface area contributed by atoms with E-state index in [2.05, 4.69) is 26.6 Å². The lowest BCUT2D eigenvalue weighted by molar-refractivity contribution is -0.142. The highest BCUT2D eigenvalue weighted by Gasteiger charge is 2.25. The van der Waals surface area contributed by atoms with Gasteiger partial charge in [0.25, 0.3) is 0 Å². The van der Waals surface area contributed by atoms with E-state index in [1.165, 1.54) is 0 Å². The number of rotatable bonds is 6. The molecule has 0 spiro atoms. The van der Waals surface area contributed by atoms with Crippen molar-refractivity contribution in [1.82, 2.24) is 0 Å². The van der Waals surface area contributed by atoms with Crippen molar-refractivity contribution in [2.45, 2.75) is 45.8 Å². The van der Waals surface area contributed by atoms with Gasteiger partial charge in [-0.05, 0) is 11.6 Å². The first-order chi connectivity index (χ1) is 7.29. The number of halogens is 2. The number of ether oxygens (including phenoxy) is 1. The lowest BCUT2D eigenvalue weighted by Gasteiger charge is -2.20. The molecule has 0 amide bonds. The molecule has 0 unspecified atom stereocenters. The van der Waals surface area contributed by atoms with E-state index in [4.69, 9.17) is 27.9 Å². The number of esters is 1. The molecule has 0 aromatic heterocycles. The normalized spacial score (nSPS) is 11.1. The summed E-state index contributed by atoms with van der Waals surface area (Å²) in [5, 5.41) is 0.859.